The summed E-state index contributed by atoms with van der Waals surface area (Å²) in [6, 6.07) is 6.97. The quantitative estimate of drug-likeness (QED) is 0.656. The van der Waals surface area contributed by atoms with E-state index in [-0.39, 0.29) is 17.4 Å². The van der Waals surface area contributed by atoms with Gasteiger partial charge in [0.15, 0.2) is 0 Å². The van der Waals surface area contributed by atoms with Crippen molar-refractivity contribution in [3.05, 3.63) is 59.2 Å². The van der Waals surface area contributed by atoms with Crippen LogP contribution in [-0.2, 0) is 19.6 Å². The number of carboxylic acid groups (broad SMARTS) is 1. The fraction of sp³-hybridized carbons (Fsp3) is 0.440. The molecular formula is C25H30N2O5S. The van der Waals surface area contributed by atoms with Crippen molar-refractivity contribution in [1.82, 2.24) is 4.31 Å². The fourth-order valence-corrected chi connectivity index (χ4v) is 6.43. The SMILES string of the molecule is COCC1CCN(S(=O)(=O)c2ccccc2C2=C/C3=C(CC(=O)O)C=NC3CC/C=C\2)CC1. The average Bonchev–Trinajstić information content (AvgIpc) is 3.13. The van der Waals surface area contributed by atoms with Gasteiger partial charge in [0, 0.05) is 38.6 Å². The minimum Gasteiger partial charge on any atom is -0.481 e. The third-order valence-electron chi connectivity index (χ3n) is 6.49. The van der Waals surface area contributed by atoms with Crippen LogP contribution in [0.1, 0.15) is 37.7 Å². The molecular weight excluding hydrogens is 440 g/mol. The van der Waals surface area contributed by atoms with Crippen molar-refractivity contribution >= 4 is 27.8 Å². The second-order valence-corrected chi connectivity index (χ2v) is 10.6. The van der Waals surface area contributed by atoms with Crippen LogP contribution in [0, 0.1) is 5.92 Å². The molecule has 33 heavy (non-hydrogen) atoms. The van der Waals surface area contributed by atoms with Crippen molar-refractivity contribution in [3.8, 4) is 0 Å². The predicted molar refractivity (Wildman–Crippen MR) is 128 cm³/mol. The van der Waals surface area contributed by atoms with E-state index in [0.717, 1.165) is 36.8 Å². The highest BCUT2D eigenvalue weighted by atomic mass is 32.2. The molecule has 176 valence electrons. The van der Waals surface area contributed by atoms with E-state index in [1.54, 1.807) is 29.8 Å². The molecule has 8 heteroatoms. The van der Waals surface area contributed by atoms with Gasteiger partial charge in [-0.05, 0) is 60.5 Å². The zero-order chi connectivity index (χ0) is 23.4. The number of hydrogen-bond donors (Lipinski definition) is 1. The van der Waals surface area contributed by atoms with Crippen molar-refractivity contribution in [2.75, 3.05) is 26.8 Å². The first-order valence-electron chi connectivity index (χ1n) is 11.3. The van der Waals surface area contributed by atoms with Gasteiger partial charge in [-0.3, -0.25) is 9.79 Å². The van der Waals surface area contributed by atoms with Crippen molar-refractivity contribution in [2.24, 2.45) is 10.9 Å². The molecule has 1 aromatic carbocycles. The van der Waals surface area contributed by atoms with E-state index in [2.05, 4.69) is 4.99 Å². The summed E-state index contributed by atoms with van der Waals surface area (Å²) in [7, 11) is -2.01. The van der Waals surface area contributed by atoms with Crippen LogP contribution in [0.2, 0.25) is 0 Å². The van der Waals surface area contributed by atoms with Crippen LogP contribution in [0.4, 0.5) is 0 Å². The van der Waals surface area contributed by atoms with Crippen LogP contribution >= 0.6 is 0 Å². The highest BCUT2D eigenvalue weighted by Crippen LogP contribution is 2.34. The number of methoxy groups -OCH3 is 1. The first kappa shape index (κ1) is 23.6. The number of aliphatic carboxylic acids is 1. The molecule has 1 unspecified atom stereocenters. The second-order valence-electron chi connectivity index (χ2n) is 8.72. The van der Waals surface area contributed by atoms with Gasteiger partial charge in [-0.25, -0.2) is 8.42 Å². The maximum Gasteiger partial charge on any atom is 0.307 e. The number of nitrogens with zero attached hydrogens (tertiary/aromatic N) is 2. The van der Waals surface area contributed by atoms with E-state index in [1.165, 1.54) is 0 Å². The molecule has 1 aromatic rings. The van der Waals surface area contributed by atoms with Gasteiger partial charge >= 0.3 is 5.97 Å². The first-order valence-corrected chi connectivity index (χ1v) is 12.8. The number of ether oxygens (including phenoxy) is 1. The Balaban J connectivity index is 1.70. The van der Waals surface area contributed by atoms with Crippen molar-refractivity contribution in [3.63, 3.8) is 0 Å². The zero-order valence-corrected chi connectivity index (χ0v) is 19.6. The molecule has 1 atom stereocenters. The highest BCUT2D eigenvalue weighted by Gasteiger charge is 2.32. The van der Waals surface area contributed by atoms with Gasteiger partial charge in [-0.2, -0.15) is 4.31 Å². The molecule has 4 rings (SSSR count). The predicted octanol–water partition coefficient (Wildman–Crippen LogP) is 3.69. The smallest absolute Gasteiger partial charge is 0.307 e. The van der Waals surface area contributed by atoms with Crippen LogP contribution in [0.15, 0.2) is 63.5 Å². The monoisotopic (exact) mass is 470 g/mol. The molecule has 2 heterocycles. The molecule has 1 N–H and O–H groups in total. The van der Waals surface area contributed by atoms with Crippen LogP contribution in [-0.4, -0.2) is 62.9 Å². The molecule has 0 amide bonds. The first-order chi connectivity index (χ1) is 15.9. The summed E-state index contributed by atoms with van der Waals surface area (Å²) in [4.78, 5) is 16.1. The minimum atomic E-state index is -3.68. The van der Waals surface area contributed by atoms with E-state index in [4.69, 9.17) is 4.74 Å². The number of hydrogen-bond acceptors (Lipinski definition) is 5. The summed E-state index contributed by atoms with van der Waals surface area (Å²) >= 11 is 0. The number of carbonyl (C=O) groups is 1. The lowest BCUT2D eigenvalue weighted by atomic mass is 9.92. The highest BCUT2D eigenvalue weighted by molar-refractivity contribution is 7.89. The van der Waals surface area contributed by atoms with Gasteiger partial charge in [0.05, 0.1) is 17.4 Å². The Morgan fingerprint density at radius 1 is 1.21 bits per heavy atom. The van der Waals surface area contributed by atoms with Gasteiger partial charge in [0.25, 0.3) is 0 Å². The third-order valence-corrected chi connectivity index (χ3v) is 8.45. The minimum absolute atomic E-state index is 0.0946. The Morgan fingerprint density at radius 3 is 2.70 bits per heavy atom. The third kappa shape index (κ3) is 5.18. The van der Waals surface area contributed by atoms with Gasteiger partial charge in [-0.15, -0.1) is 0 Å². The van der Waals surface area contributed by atoms with E-state index >= 15 is 0 Å². The number of carboxylic acids is 1. The molecule has 0 saturated carbocycles. The van der Waals surface area contributed by atoms with Gasteiger partial charge in [0.1, 0.15) is 0 Å². The molecule has 1 fully saturated rings. The number of piperidine rings is 1. The van der Waals surface area contributed by atoms with Gasteiger partial charge in [-0.1, -0.05) is 30.4 Å². The molecule has 0 radical (unpaired) electrons. The second kappa shape index (κ2) is 10.2. The van der Waals surface area contributed by atoms with E-state index in [1.807, 2.05) is 30.4 Å². The van der Waals surface area contributed by atoms with Gasteiger partial charge < -0.3 is 9.84 Å². The van der Waals surface area contributed by atoms with E-state index in [9.17, 15) is 18.3 Å². The number of sulfonamides is 1. The van der Waals surface area contributed by atoms with Crippen molar-refractivity contribution < 1.29 is 23.1 Å². The van der Waals surface area contributed by atoms with Crippen molar-refractivity contribution in [1.29, 1.82) is 0 Å². The van der Waals surface area contributed by atoms with Crippen LogP contribution in [0.3, 0.4) is 0 Å². The Bertz CT molecular complexity index is 1130. The van der Waals surface area contributed by atoms with Crippen molar-refractivity contribution in [2.45, 2.75) is 43.0 Å². The molecule has 2 aliphatic heterocycles. The number of benzene rings is 1. The molecule has 1 aliphatic carbocycles. The lowest BCUT2D eigenvalue weighted by Gasteiger charge is -2.31. The zero-order valence-electron chi connectivity index (χ0n) is 18.8. The number of aliphatic imine (C=N–C) groups is 1. The maximum atomic E-state index is 13.6. The molecule has 3 aliphatic rings. The fourth-order valence-electron chi connectivity index (χ4n) is 4.75. The topological polar surface area (TPSA) is 96.3 Å². The summed E-state index contributed by atoms with van der Waals surface area (Å²) in [5, 5.41) is 9.30. The summed E-state index contributed by atoms with van der Waals surface area (Å²) in [6.07, 6.45) is 10.6. The lowest BCUT2D eigenvalue weighted by molar-refractivity contribution is -0.136. The molecule has 1 saturated heterocycles. The summed E-state index contributed by atoms with van der Waals surface area (Å²) in [5.41, 5.74) is 2.93. The van der Waals surface area contributed by atoms with Gasteiger partial charge in [0.2, 0.25) is 10.0 Å². The van der Waals surface area contributed by atoms with E-state index in [0.29, 0.717) is 36.8 Å². The Hall–Kier alpha value is -2.55. The Kier molecular flexibility index (Phi) is 7.26. The summed E-state index contributed by atoms with van der Waals surface area (Å²) in [6.45, 7) is 1.60. The molecule has 0 spiro atoms. The molecule has 0 bridgehead atoms. The van der Waals surface area contributed by atoms with Crippen LogP contribution < -0.4 is 0 Å². The normalized spacial score (nSPS) is 24.6. The Morgan fingerprint density at radius 2 is 1.97 bits per heavy atom. The maximum absolute atomic E-state index is 13.6. The standard InChI is InChI=1S/C25H30N2O5S/c1-32-17-18-10-12-27(13-11-18)33(30,31)24-9-5-3-7-21(24)19-6-2-4-8-23-22(14-19)20(16-26-23)15-25(28)29/h2-3,5-7,9,14,16,18,23H,4,8,10-13,15,17H2,1H3,(H,28,29)/b6-2-,19-14+. The number of rotatable bonds is 7. The number of fused-ring (bicyclic) bond motifs is 1. The largest absolute Gasteiger partial charge is 0.481 e. The lowest BCUT2D eigenvalue weighted by Crippen LogP contribution is -2.39. The average molecular weight is 471 g/mol. The summed E-state index contributed by atoms with van der Waals surface area (Å²) < 4.78 is 34.1. The molecule has 0 aromatic heterocycles. The van der Waals surface area contributed by atoms with Crippen LogP contribution in [0.25, 0.3) is 5.57 Å². The van der Waals surface area contributed by atoms with Crippen LogP contribution in [0.5, 0.6) is 0 Å². The Labute approximate surface area is 195 Å². The molecule has 7 nitrogen and oxygen atoms in total. The number of allylic oxidation sites excluding steroid dienone is 3. The summed E-state index contributed by atoms with van der Waals surface area (Å²) in [5.74, 6) is -0.524. The van der Waals surface area contributed by atoms with E-state index < -0.39 is 16.0 Å².